The lowest BCUT2D eigenvalue weighted by Gasteiger charge is -2.22. The van der Waals surface area contributed by atoms with E-state index >= 15 is 0 Å². The van der Waals surface area contributed by atoms with Crippen LogP contribution in [0.4, 0.5) is 4.79 Å². The van der Waals surface area contributed by atoms with Gasteiger partial charge in [0.25, 0.3) is 0 Å². The molecule has 1 fully saturated rings. The third-order valence-electron chi connectivity index (χ3n) is 3.91. The molecule has 0 aromatic carbocycles. The van der Waals surface area contributed by atoms with E-state index in [1.807, 2.05) is 6.92 Å². The van der Waals surface area contributed by atoms with Crippen molar-refractivity contribution in [3.63, 3.8) is 0 Å². The van der Waals surface area contributed by atoms with Gasteiger partial charge in [0.2, 0.25) is 0 Å². The summed E-state index contributed by atoms with van der Waals surface area (Å²) in [6.07, 6.45) is 5.68. The maximum atomic E-state index is 11.8. The highest BCUT2D eigenvalue weighted by molar-refractivity contribution is 5.82. The molecule has 0 spiro atoms. The first-order valence-corrected chi connectivity index (χ1v) is 7.33. The second-order valence-electron chi connectivity index (χ2n) is 5.48. The van der Waals surface area contributed by atoms with Crippen molar-refractivity contribution in [2.45, 2.75) is 57.5 Å². The fourth-order valence-corrected chi connectivity index (χ4v) is 2.67. The van der Waals surface area contributed by atoms with Gasteiger partial charge in [-0.2, -0.15) is 0 Å². The number of hydrogen-bond donors (Lipinski definition) is 3. The lowest BCUT2D eigenvalue weighted by atomic mass is 10.0. The molecule has 3 N–H and O–H groups in total. The van der Waals surface area contributed by atoms with Gasteiger partial charge in [-0.25, -0.2) is 9.59 Å². The molecule has 20 heavy (non-hydrogen) atoms. The van der Waals surface area contributed by atoms with E-state index in [2.05, 4.69) is 10.6 Å². The van der Waals surface area contributed by atoms with E-state index in [-0.39, 0.29) is 6.04 Å². The number of rotatable bonds is 8. The molecule has 2 amide bonds. The summed E-state index contributed by atoms with van der Waals surface area (Å²) in [6.45, 7) is 2.47. The maximum absolute atomic E-state index is 11.8. The summed E-state index contributed by atoms with van der Waals surface area (Å²) < 4.78 is 4.89. The molecule has 0 aliphatic heterocycles. The van der Waals surface area contributed by atoms with Crippen LogP contribution in [-0.2, 0) is 9.53 Å². The van der Waals surface area contributed by atoms with Crippen LogP contribution < -0.4 is 10.6 Å². The Balaban J connectivity index is 2.34. The van der Waals surface area contributed by atoms with Crippen LogP contribution in [-0.4, -0.2) is 42.9 Å². The Kier molecular flexibility index (Phi) is 7.36. The van der Waals surface area contributed by atoms with Crippen LogP contribution in [0.1, 0.15) is 45.4 Å². The monoisotopic (exact) mass is 286 g/mol. The van der Waals surface area contributed by atoms with Gasteiger partial charge in [-0.05, 0) is 38.5 Å². The molecule has 6 nitrogen and oxygen atoms in total. The standard InChI is InChI=1S/C14H26N2O4/c1-10(11-6-3-4-7-11)15-14(19)16-12(13(17)18)8-5-9-20-2/h10-12H,3-9H2,1-2H3,(H,17,18)(H2,15,16,19). The third-order valence-corrected chi connectivity index (χ3v) is 3.91. The van der Waals surface area contributed by atoms with Crippen molar-refractivity contribution in [2.24, 2.45) is 5.92 Å². The normalized spacial score (nSPS) is 18.5. The smallest absolute Gasteiger partial charge is 0.326 e. The van der Waals surface area contributed by atoms with E-state index in [0.717, 1.165) is 12.8 Å². The van der Waals surface area contributed by atoms with Crippen LogP contribution >= 0.6 is 0 Å². The summed E-state index contributed by atoms with van der Waals surface area (Å²) in [4.78, 5) is 22.9. The number of urea groups is 1. The van der Waals surface area contributed by atoms with Gasteiger partial charge in [0.15, 0.2) is 0 Å². The molecule has 1 aliphatic rings. The predicted molar refractivity (Wildman–Crippen MR) is 75.6 cm³/mol. The zero-order valence-electron chi connectivity index (χ0n) is 12.4. The third kappa shape index (κ3) is 5.77. The molecular formula is C14H26N2O4. The predicted octanol–water partition coefficient (Wildman–Crippen LogP) is 1.74. The summed E-state index contributed by atoms with van der Waals surface area (Å²) in [5.74, 6) is -0.498. The largest absolute Gasteiger partial charge is 0.480 e. The molecule has 0 saturated heterocycles. The summed E-state index contributed by atoms with van der Waals surface area (Å²) in [6, 6.07) is -1.17. The van der Waals surface area contributed by atoms with Gasteiger partial charge in [-0.15, -0.1) is 0 Å². The first kappa shape index (κ1) is 16.8. The van der Waals surface area contributed by atoms with E-state index in [1.165, 1.54) is 12.8 Å². The van der Waals surface area contributed by atoms with Crippen molar-refractivity contribution in [2.75, 3.05) is 13.7 Å². The Bertz CT molecular complexity index is 316. The number of aliphatic carboxylic acids is 1. The van der Waals surface area contributed by atoms with E-state index in [9.17, 15) is 9.59 Å². The van der Waals surface area contributed by atoms with Crippen LogP contribution in [0.25, 0.3) is 0 Å². The van der Waals surface area contributed by atoms with Crippen LogP contribution in [0.3, 0.4) is 0 Å². The molecule has 2 unspecified atom stereocenters. The van der Waals surface area contributed by atoms with E-state index in [0.29, 0.717) is 25.4 Å². The molecule has 0 radical (unpaired) electrons. The molecule has 0 heterocycles. The number of carboxylic acid groups (broad SMARTS) is 1. The minimum absolute atomic E-state index is 0.0888. The van der Waals surface area contributed by atoms with Gasteiger partial charge in [0.1, 0.15) is 6.04 Å². The van der Waals surface area contributed by atoms with Crippen molar-refractivity contribution in [3.8, 4) is 0 Å². The van der Waals surface area contributed by atoms with Crippen LogP contribution in [0.2, 0.25) is 0 Å². The average molecular weight is 286 g/mol. The highest BCUT2D eigenvalue weighted by Crippen LogP contribution is 2.27. The molecule has 1 rings (SSSR count). The van der Waals surface area contributed by atoms with Crippen molar-refractivity contribution < 1.29 is 19.4 Å². The number of carbonyl (C=O) groups excluding carboxylic acids is 1. The lowest BCUT2D eigenvalue weighted by Crippen LogP contribution is -2.49. The maximum Gasteiger partial charge on any atom is 0.326 e. The summed E-state index contributed by atoms with van der Waals surface area (Å²) in [5, 5.41) is 14.5. The molecule has 1 aliphatic carbocycles. The van der Waals surface area contributed by atoms with Crippen LogP contribution in [0.15, 0.2) is 0 Å². The second-order valence-corrected chi connectivity index (χ2v) is 5.48. The number of carboxylic acids is 1. The molecular weight excluding hydrogens is 260 g/mol. The Morgan fingerprint density at radius 2 is 1.95 bits per heavy atom. The molecule has 116 valence electrons. The van der Waals surface area contributed by atoms with Gasteiger partial charge in [-0.1, -0.05) is 12.8 Å². The van der Waals surface area contributed by atoms with Crippen molar-refractivity contribution >= 4 is 12.0 Å². The summed E-state index contributed by atoms with van der Waals surface area (Å²) >= 11 is 0. The van der Waals surface area contributed by atoms with Gasteiger partial charge < -0.3 is 20.5 Å². The second kappa shape index (κ2) is 8.79. The van der Waals surface area contributed by atoms with Gasteiger partial charge >= 0.3 is 12.0 Å². The fourth-order valence-electron chi connectivity index (χ4n) is 2.67. The molecule has 6 heteroatoms. The first-order valence-electron chi connectivity index (χ1n) is 7.33. The molecule has 0 aromatic rings. The van der Waals surface area contributed by atoms with Gasteiger partial charge in [-0.3, -0.25) is 0 Å². The topological polar surface area (TPSA) is 87.7 Å². The summed E-state index contributed by atoms with van der Waals surface area (Å²) in [7, 11) is 1.57. The van der Waals surface area contributed by atoms with Crippen LogP contribution in [0.5, 0.6) is 0 Å². The van der Waals surface area contributed by atoms with Gasteiger partial charge in [0, 0.05) is 19.8 Å². The van der Waals surface area contributed by atoms with Crippen LogP contribution in [0, 0.1) is 5.92 Å². The molecule has 2 atom stereocenters. The van der Waals surface area contributed by atoms with E-state index in [1.54, 1.807) is 7.11 Å². The SMILES string of the molecule is COCCCC(NC(=O)NC(C)C1CCCC1)C(=O)O. The number of hydrogen-bond acceptors (Lipinski definition) is 3. The molecule has 0 bridgehead atoms. The average Bonchev–Trinajstić information content (AvgIpc) is 2.91. The van der Waals surface area contributed by atoms with E-state index in [4.69, 9.17) is 9.84 Å². The van der Waals surface area contributed by atoms with Gasteiger partial charge in [0.05, 0.1) is 0 Å². The Hall–Kier alpha value is -1.30. The summed E-state index contributed by atoms with van der Waals surface area (Å²) in [5.41, 5.74) is 0. The first-order chi connectivity index (χ1) is 9.54. The minimum atomic E-state index is -1.01. The Labute approximate surface area is 120 Å². The van der Waals surface area contributed by atoms with Crippen molar-refractivity contribution in [1.29, 1.82) is 0 Å². The Morgan fingerprint density at radius 3 is 2.50 bits per heavy atom. The fraction of sp³-hybridized carbons (Fsp3) is 0.857. The number of ether oxygens (including phenoxy) is 1. The Morgan fingerprint density at radius 1 is 1.30 bits per heavy atom. The quantitative estimate of drug-likeness (QED) is 0.593. The number of carbonyl (C=O) groups is 2. The van der Waals surface area contributed by atoms with E-state index < -0.39 is 18.0 Å². The highest BCUT2D eigenvalue weighted by Gasteiger charge is 2.25. The zero-order valence-corrected chi connectivity index (χ0v) is 12.4. The lowest BCUT2D eigenvalue weighted by molar-refractivity contribution is -0.139. The minimum Gasteiger partial charge on any atom is -0.480 e. The number of amides is 2. The molecule has 1 saturated carbocycles. The number of methoxy groups -OCH3 is 1. The zero-order chi connectivity index (χ0) is 15.0. The highest BCUT2D eigenvalue weighted by atomic mass is 16.5. The number of nitrogens with one attached hydrogen (secondary N) is 2. The molecule has 0 aromatic heterocycles. The van der Waals surface area contributed by atoms with Crippen molar-refractivity contribution in [3.05, 3.63) is 0 Å². The van der Waals surface area contributed by atoms with Crippen molar-refractivity contribution in [1.82, 2.24) is 10.6 Å².